The molecule has 15 heavy (non-hydrogen) atoms. The summed E-state index contributed by atoms with van der Waals surface area (Å²) in [7, 11) is 0. The Bertz CT molecular complexity index is 379. The lowest BCUT2D eigenvalue weighted by Gasteiger charge is -2.24. The minimum atomic E-state index is -2.03. The van der Waals surface area contributed by atoms with Crippen LogP contribution in [0.25, 0.3) is 0 Å². The Balaban J connectivity index is 2.18. The molecule has 0 fully saturated rings. The summed E-state index contributed by atoms with van der Waals surface area (Å²) in [5, 5.41) is 7.25. The molecule has 2 heterocycles. The average molecular weight is 231 g/mol. The van der Waals surface area contributed by atoms with Crippen LogP contribution in [-0.4, -0.2) is 37.7 Å². The molecule has 0 spiro atoms. The predicted octanol–water partition coefficient (Wildman–Crippen LogP) is -0.166. The van der Waals surface area contributed by atoms with Crippen molar-refractivity contribution in [3.8, 4) is 5.88 Å². The van der Waals surface area contributed by atoms with Gasteiger partial charge in [0.25, 0.3) is 0 Å². The Morgan fingerprint density at radius 3 is 3.33 bits per heavy atom. The number of aromatic nitrogens is 2. The van der Waals surface area contributed by atoms with E-state index in [-0.39, 0.29) is 10.9 Å². The van der Waals surface area contributed by atoms with E-state index in [1.165, 1.54) is 6.20 Å². The summed E-state index contributed by atoms with van der Waals surface area (Å²) in [4.78, 5) is 0.241. The van der Waals surface area contributed by atoms with Gasteiger partial charge in [-0.05, 0) is 6.54 Å². The molecule has 1 aromatic heterocycles. The Morgan fingerprint density at radius 1 is 1.87 bits per heavy atom. The highest BCUT2D eigenvalue weighted by atomic mass is 32.2. The van der Waals surface area contributed by atoms with Crippen molar-refractivity contribution in [2.75, 3.05) is 13.2 Å². The lowest BCUT2D eigenvalue weighted by Crippen LogP contribution is -2.41. The van der Waals surface area contributed by atoms with Gasteiger partial charge in [0.15, 0.2) is 11.1 Å². The lowest BCUT2D eigenvalue weighted by atomic mass is 10.3. The number of hydrogen-bond donors (Lipinski definition) is 2. The summed E-state index contributed by atoms with van der Waals surface area (Å²) in [6.45, 7) is 4.06. The van der Waals surface area contributed by atoms with Gasteiger partial charge in [-0.3, -0.25) is 0 Å². The second-order valence-corrected chi connectivity index (χ2v) is 4.25. The minimum absolute atomic E-state index is 0.211. The summed E-state index contributed by atoms with van der Waals surface area (Å²) in [5.41, 5.74) is 0. The first-order chi connectivity index (χ1) is 7.22. The Morgan fingerprint density at radius 2 is 2.67 bits per heavy atom. The second-order valence-electron chi connectivity index (χ2n) is 3.31. The van der Waals surface area contributed by atoms with E-state index in [0.29, 0.717) is 19.0 Å². The Hall–Kier alpha value is -0.920. The van der Waals surface area contributed by atoms with Crippen molar-refractivity contribution in [3.05, 3.63) is 6.20 Å². The number of likely N-dealkylation sites (N-methyl/N-ethyl adjacent to an activating group) is 1. The summed E-state index contributed by atoms with van der Waals surface area (Å²) >= 11 is -2.03. The highest BCUT2D eigenvalue weighted by Gasteiger charge is 2.24. The first-order valence-electron chi connectivity index (χ1n) is 4.75. The second kappa shape index (κ2) is 4.30. The molecule has 2 atom stereocenters. The maximum atomic E-state index is 10.9. The van der Waals surface area contributed by atoms with Gasteiger partial charge in [0.1, 0.15) is 11.5 Å². The van der Waals surface area contributed by atoms with Gasteiger partial charge >= 0.3 is 0 Å². The normalized spacial score (nSPS) is 21.9. The standard InChI is InChI=1S/C8H13N3O3S/c1-2-9-6-4-11-8(14-5-6)7(3-10-11)15(12)13/h3,6,9H,2,4-5H2,1H3,(H,12,13)/t6-/m0/s1. The third kappa shape index (κ3) is 2.04. The highest BCUT2D eigenvalue weighted by molar-refractivity contribution is 7.79. The largest absolute Gasteiger partial charge is 0.475 e. The SMILES string of the molecule is CCN[C@@H]1COc2c(S(=O)O)cnn2C1. The summed E-state index contributed by atoms with van der Waals surface area (Å²) in [6.07, 6.45) is 1.37. The quantitative estimate of drug-likeness (QED) is 0.707. The maximum Gasteiger partial charge on any atom is 0.231 e. The third-order valence-corrected chi connectivity index (χ3v) is 2.91. The zero-order valence-corrected chi connectivity index (χ0v) is 9.16. The number of nitrogens with zero attached hydrogens (tertiary/aromatic N) is 2. The van der Waals surface area contributed by atoms with E-state index in [1.54, 1.807) is 4.68 Å². The summed E-state index contributed by atoms with van der Waals surface area (Å²) in [5.74, 6) is 0.407. The molecular formula is C8H13N3O3S. The fourth-order valence-corrected chi connectivity index (χ4v) is 2.06. The molecule has 1 unspecified atom stereocenters. The first-order valence-corrected chi connectivity index (χ1v) is 5.86. The van der Waals surface area contributed by atoms with Gasteiger partial charge in [-0.1, -0.05) is 6.92 Å². The van der Waals surface area contributed by atoms with Crippen LogP contribution in [-0.2, 0) is 17.6 Å². The van der Waals surface area contributed by atoms with Gasteiger partial charge in [-0.2, -0.15) is 5.10 Å². The molecule has 0 saturated carbocycles. The fourth-order valence-electron chi connectivity index (χ4n) is 1.61. The van der Waals surface area contributed by atoms with E-state index in [9.17, 15) is 4.21 Å². The smallest absolute Gasteiger partial charge is 0.231 e. The van der Waals surface area contributed by atoms with Crippen molar-refractivity contribution in [2.45, 2.75) is 24.4 Å². The number of fused-ring (bicyclic) bond motifs is 1. The van der Waals surface area contributed by atoms with E-state index in [1.807, 2.05) is 6.92 Å². The topological polar surface area (TPSA) is 76.4 Å². The Kier molecular flexibility index (Phi) is 3.03. The first kappa shape index (κ1) is 10.6. The molecule has 0 saturated heterocycles. The fraction of sp³-hybridized carbons (Fsp3) is 0.625. The molecule has 1 aliphatic heterocycles. The van der Waals surface area contributed by atoms with Crippen molar-refractivity contribution in [1.29, 1.82) is 0 Å². The van der Waals surface area contributed by atoms with Gasteiger partial charge < -0.3 is 14.6 Å². The zero-order chi connectivity index (χ0) is 10.8. The Labute approximate surface area is 89.9 Å². The molecular weight excluding hydrogens is 218 g/mol. The number of nitrogens with one attached hydrogen (secondary N) is 1. The van der Waals surface area contributed by atoms with E-state index in [0.717, 1.165) is 6.54 Å². The van der Waals surface area contributed by atoms with E-state index >= 15 is 0 Å². The highest BCUT2D eigenvalue weighted by Crippen LogP contribution is 2.24. The van der Waals surface area contributed by atoms with Crippen LogP contribution in [0.4, 0.5) is 0 Å². The van der Waals surface area contributed by atoms with Gasteiger partial charge in [0.05, 0.1) is 18.8 Å². The van der Waals surface area contributed by atoms with Crippen LogP contribution in [0.15, 0.2) is 11.1 Å². The van der Waals surface area contributed by atoms with Crippen LogP contribution >= 0.6 is 0 Å². The zero-order valence-electron chi connectivity index (χ0n) is 8.34. The number of hydrogen-bond acceptors (Lipinski definition) is 4. The van der Waals surface area contributed by atoms with Crippen LogP contribution < -0.4 is 10.1 Å². The predicted molar refractivity (Wildman–Crippen MR) is 54.2 cm³/mol. The van der Waals surface area contributed by atoms with Crippen LogP contribution in [0.3, 0.4) is 0 Å². The van der Waals surface area contributed by atoms with Crippen molar-refractivity contribution < 1.29 is 13.5 Å². The molecule has 7 heteroatoms. The van der Waals surface area contributed by atoms with E-state index in [4.69, 9.17) is 9.29 Å². The van der Waals surface area contributed by atoms with Gasteiger partial charge in [0, 0.05) is 0 Å². The van der Waals surface area contributed by atoms with Crippen LogP contribution in [0, 0.1) is 0 Å². The molecule has 0 aromatic carbocycles. The van der Waals surface area contributed by atoms with Crippen molar-refractivity contribution >= 4 is 11.1 Å². The molecule has 0 aliphatic carbocycles. The minimum Gasteiger partial charge on any atom is -0.475 e. The third-order valence-electron chi connectivity index (χ3n) is 2.26. The number of ether oxygens (including phenoxy) is 1. The summed E-state index contributed by atoms with van der Waals surface area (Å²) < 4.78 is 26.9. The molecule has 0 bridgehead atoms. The maximum absolute atomic E-state index is 10.9. The van der Waals surface area contributed by atoms with E-state index < -0.39 is 11.1 Å². The van der Waals surface area contributed by atoms with Crippen molar-refractivity contribution in [3.63, 3.8) is 0 Å². The van der Waals surface area contributed by atoms with Gasteiger partial charge in [-0.15, -0.1) is 0 Å². The average Bonchev–Trinajstić information content (AvgIpc) is 2.61. The van der Waals surface area contributed by atoms with Crippen molar-refractivity contribution in [1.82, 2.24) is 15.1 Å². The van der Waals surface area contributed by atoms with Gasteiger partial charge in [0.2, 0.25) is 5.88 Å². The molecule has 84 valence electrons. The van der Waals surface area contributed by atoms with Crippen LogP contribution in [0.2, 0.25) is 0 Å². The van der Waals surface area contributed by atoms with Crippen LogP contribution in [0.1, 0.15) is 6.92 Å². The molecule has 2 N–H and O–H groups in total. The van der Waals surface area contributed by atoms with Crippen LogP contribution in [0.5, 0.6) is 5.88 Å². The van der Waals surface area contributed by atoms with E-state index in [2.05, 4.69) is 10.4 Å². The molecule has 2 rings (SSSR count). The summed E-state index contributed by atoms with van der Waals surface area (Å²) in [6, 6.07) is 0.211. The molecule has 1 aromatic rings. The molecule has 0 amide bonds. The molecule has 0 radical (unpaired) electrons. The monoisotopic (exact) mass is 231 g/mol. The van der Waals surface area contributed by atoms with Crippen molar-refractivity contribution in [2.24, 2.45) is 0 Å². The molecule has 6 nitrogen and oxygen atoms in total. The van der Waals surface area contributed by atoms with Gasteiger partial charge in [-0.25, -0.2) is 8.89 Å². The lowest BCUT2D eigenvalue weighted by molar-refractivity contribution is 0.180. The number of rotatable bonds is 3. The molecule has 1 aliphatic rings.